The van der Waals surface area contributed by atoms with Gasteiger partial charge in [-0.05, 0) is 19.4 Å². The molecule has 3 rings (SSSR count). The summed E-state index contributed by atoms with van der Waals surface area (Å²) in [6.07, 6.45) is 0.190. The van der Waals surface area contributed by atoms with Gasteiger partial charge in [-0.3, -0.25) is 9.59 Å². The fourth-order valence-electron chi connectivity index (χ4n) is 3.13. The van der Waals surface area contributed by atoms with Crippen LogP contribution in [0.4, 0.5) is 0 Å². The third kappa shape index (κ3) is 3.35. The van der Waals surface area contributed by atoms with Gasteiger partial charge in [0.15, 0.2) is 0 Å². The number of hydrogen-bond acceptors (Lipinski definition) is 5. The fraction of sp³-hybridized carbons (Fsp3) is 0.438. The monoisotopic (exact) mass is 356 g/mol. The number of rotatable bonds is 4. The zero-order valence-electron chi connectivity index (χ0n) is 13.8. The molecule has 2 amide bonds. The maximum Gasteiger partial charge on any atom is 1.00 e. The normalized spacial score (nSPS) is 26.8. The molecule has 1 aromatic carbocycles. The van der Waals surface area contributed by atoms with Gasteiger partial charge in [-0.25, -0.2) is 0 Å². The van der Waals surface area contributed by atoms with Crippen LogP contribution in [0, 0.1) is 0 Å². The fourth-order valence-corrected chi connectivity index (χ4v) is 4.75. The van der Waals surface area contributed by atoms with Gasteiger partial charge >= 0.3 is 29.6 Å². The van der Waals surface area contributed by atoms with E-state index in [1.54, 1.807) is 13.8 Å². The molecule has 0 radical (unpaired) electrons. The molecule has 24 heavy (non-hydrogen) atoms. The van der Waals surface area contributed by atoms with E-state index < -0.39 is 22.8 Å². The maximum absolute atomic E-state index is 12.2. The van der Waals surface area contributed by atoms with Gasteiger partial charge < -0.3 is 20.1 Å². The number of nitrogens with one attached hydrogen (secondary N) is 1. The van der Waals surface area contributed by atoms with Crippen LogP contribution in [-0.2, 0) is 20.8 Å². The molecule has 0 saturated carbocycles. The van der Waals surface area contributed by atoms with Crippen LogP contribution in [-0.4, -0.2) is 44.9 Å². The van der Waals surface area contributed by atoms with Gasteiger partial charge in [0, 0.05) is 4.75 Å². The third-order valence-corrected chi connectivity index (χ3v) is 5.76. The van der Waals surface area contributed by atoms with Crippen LogP contribution in [0.5, 0.6) is 0 Å². The average molecular weight is 356 g/mol. The van der Waals surface area contributed by atoms with Crippen LogP contribution in [0.15, 0.2) is 30.3 Å². The van der Waals surface area contributed by atoms with Gasteiger partial charge in [-0.2, -0.15) is 0 Å². The molecule has 8 heteroatoms. The number of carboxylic acid groups (broad SMARTS) is 1. The predicted octanol–water partition coefficient (Wildman–Crippen LogP) is -3.47. The van der Waals surface area contributed by atoms with E-state index >= 15 is 0 Å². The minimum Gasteiger partial charge on any atom is -0.548 e. The predicted molar refractivity (Wildman–Crippen MR) is 83.2 cm³/mol. The van der Waals surface area contributed by atoms with Crippen molar-refractivity contribution in [3.63, 3.8) is 0 Å². The summed E-state index contributed by atoms with van der Waals surface area (Å²) in [5, 5.41) is 13.7. The first-order valence-corrected chi connectivity index (χ1v) is 8.23. The quantitative estimate of drug-likeness (QED) is 0.447. The van der Waals surface area contributed by atoms with Gasteiger partial charge in [0.2, 0.25) is 11.8 Å². The van der Waals surface area contributed by atoms with E-state index in [4.69, 9.17) is 0 Å². The summed E-state index contributed by atoms with van der Waals surface area (Å²) >= 11 is 1.38. The van der Waals surface area contributed by atoms with Crippen molar-refractivity contribution in [2.24, 2.45) is 0 Å². The number of nitrogens with zero attached hydrogens (tertiary/aromatic N) is 1. The second kappa shape index (κ2) is 7.07. The van der Waals surface area contributed by atoms with Crippen molar-refractivity contribution in [2.45, 2.75) is 42.5 Å². The molecule has 2 heterocycles. The van der Waals surface area contributed by atoms with E-state index in [-0.39, 0.29) is 53.2 Å². The van der Waals surface area contributed by atoms with Crippen molar-refractivity contribution in [1.29, 1.82) is 0 Å². The number of carbonyl (C=O) groups is 3. The zero-order chi connectivity index (χ0) is 16.8. The van der Waals surface area contributed by atoms with E-state index in [2.05, 4.69) is 5.32 Å². The van der Waals surface area contributed by atoms with E-state index in [1.165, 1.54) is 16.7 Å². The van der Waals surface area contributed by atoms with Crippen molar-refractivity contribution in [2.75, 3.05) is 0 Å². The second-order valence-electron chi connectivity index (χ2n) is 6.29. The largest absolute Gasteiger partial charge is 1.00 e. The number of carbonyl (C=O) groups excluding carboxylic acids is 3. The smallest absolute Gasteiger partial charge is 0.548 e. The van der Waals surface area contributed by atoms with Crippen LogP contribution in [0.3, 0.4) is 0 Å². The summed E-state index contributed by atoms with van der Waals surface area (Å²) in [4.78, 5) is 37.0. The van der Waals surface area contributed by atoms with Crippen LogP contribution in [0.1, 0.15) is 19.4 Å². The molecule has 0 aliphatic carbocycles. The van der Waals surface area contributed by atoms with Crippen LogP contribution in [0.2, 0.25) is 0 Å². The first-order chi connectivity index (χ1) is 10.8. The summed E-state index contributed by atoms with van der Waals surface area (Å²) in [7, 11) is 0. The van der Waals surface area contributed by atoms with Crippen molar-refractivity contribution < 1.29 is 49.0 Å². The molecule has 0 unspecified atom stereocenters. The topological polar surface area (TPSA) is 89.5 Å². The summed E-state index contributed by atoms with van der Waals surface area (Å²) in [6.45, 7) is 3.54. The number of fused-ring (bicyclic) bond motifs is 1. The molecule has 3 atom stereocenters. The van der Waals surface area contributed by atoms with Gasteiger partial charge in [0.05, 0.1) is 18.4 Å². The van der Waals surface area contributed by atoms with E-state index in [0.29, 0.717) is 0 Å². The number of β-lactam (4-membered cyclic amide) rings is 1. The summed E-state index contributed by atoms with van der Waals surface area (Å²) < 4.78 is -0.641. The van der Waals surface area contributed by atoms with Gasteiger partial charge in [-0.1, -0.05) is 30.3 Å². The Morgan fingerprint density at radius 1 is 1.29 bits per heavy atom. The summed E-state index contributed by atoms with van der Waals surface area (Å²) in [6, 6.07) is 7.61. The van der Waals surface area contributed by atoms with Crippen molar-refractivity contribution in [3.8, 4) is 0 Å². The minimum atomic E-state index is -1.26. The second-order valence-corrected chi connectivity index (χ2v) is 8.06. The van der Waals surface area contributed by atoms with Crippen LogP contribution < -0.4 is 40.0 Å². The first kappa shape index (κ1) is 19.3. The Balaban J connectivity index is 0.00000208. The SMILES string of the molecule is CC1(C)S[C@H]2[C@@H](NC(=O)Cc3ccccc3)C(=O)N2[C@@H]1C(=O)[O-].[Na+]. The number of aliphatic carboxylic acids is 1. The zero-order valence-corrected chi connectivity index (χ0v) is 16.6. The molecule has 122 valence electrons. The van der Waals surface area contributed by atoms with E-state index in [9.17, 15) is 19.5 Å². The molecular weight excluding hydrogens is 339 g/mol. The van der Waals surface area contributed by atoms with Gasteiger partial charge in [0.25, 0.3) is 0 Å². The van der Waals surface area contributed by atoms with Crippen LogP contribution in [0.25, 0.3) is 0 Å². The Labute approximate surface area is 166 Å². The maximum atomic E-state index is 12.2. The molecule has 2 aliphatic heterocycles. The Morgan fingerprint density at radius 3 is 2.50 bits per heavy atom. The molecule has 2 saturated heterocycles. The molecule has 2 aliphatic rings. The molecule has 2 fully saturated rings. The van der Waals surface area contributed by atoms with Gasteiger partial charge in [0.1, 0.15) is 11.4 Å². The summed E-state index contributed by atoms with van der Waals surface area (Å²) in [5.74, 6) is -1.86. The Kier molecular flexibility index (Phi) is 5.69. The van der Waals surface area contributed by atoms with E-state index in [0.717, 1.165) is 5.56 Å². The Morgan fingerprint density at radius 2 is 1.92 bits per heavy atom. The molecule has 6 nitrogen and oxygen atoms in total. The minimum absolute atomic E-state index is 0. The van der Waals surface area contributed by atoms with Crippen molar-refractivity contribution >= 4 is 29.5 Å². The molecule has 1 aromatic rings. The number of hydrogen-bond donors (Lipinski definition) is 1. The molecular formula is C16H17N2NaO4S. The molecule has 0 aromatic heterocycles. The van der Waals surface area contributed by atoms with Crippen LogP contribution >= 0.6 is 11.8 Å². The Bertz CT molecular complexity index is 667. The molecule has 0 spiro atoms. The first-order valence-electron chi connectivity index (χ1n) is 7.35. The van der Waals surface area contributed by atoms with E-state index in [1.807, 2.05) is 30.3 Å². The van der Waals surface area contributed by atoms with Crippen molar-refractivity contribution in [1.82, 2.24) is 10.2 Å². The number of thioether (sulfide) groups is 1. The average Bonchev–Trinajstić information content (AvgIpc) is 2.74. The number of carboxylic acids is 1. The summed E-state index contributed by atoms with van der Waals surface area (Å²) in [5.41, 5.74) is 0.862. The van der Waals surface area contributed by atoms with Crippen molar-refractivity contribution in [3.05, 3.63) is 35.9 Å². The third-order valence-electron chi connectivity index (χ3n) is 4.19. The Hall–Kier alpha value is -1.02. The standard InChI is InChI=1S/C16H18N2O4S.Na/c1-16(2)12(15(21)22)18-13(20)11(14(18)23-16)17-10(19)8-9-6-4-3-5-7-9;/h3-7,11-12,14H,8H2,1-2H3,(H,17,19)(H,21,22);/q;+1/p-1/t11-,12+,14-;/m0./s1. The number of benzene rings is 1. The van der Waals surface area contributed by atoms with Gasteiger partial charge in [-0.15, -0.1) is 11.8 Å². The molecule has 1 N–H and O–H groups in total. The molecule has 0 bridgehead atoms. The number of amides is 2.